The number of rotatable bonds is 3. The van der Waals surface area contributed by atoms with Crippen LogP contribution in [0, 0.1) is 0 Å². The fraction of sp³-hybridized carbons (Fsp3) is 0.529. The number of anilines is 1. The Kier molecular flexibility index (Phi) is 4.35. The van der Waals surface area contributed by atoms with E-state index in [0.29, 0.717) is 5.69 Å². The molecule has 4 rings (SSSR count). The number of likely N-dealkylation sites (N-methyl/N-ethyl adjacent to an activating group) is 1. The largest absolute Gasteiger partial charge is 0.346 e. The van der Waals surface area contributed by atoms with Gasteiger partial charge in [0, 0.05) is 62.3 Å². The molecule has 0 spiro atoms. The Labute approximate surface area is 146 Å². The van der Waals surface area contributed by atoms with E-state index in [1.54, 1.807) is 12.4 Å². The number of fused-ring (bicyclic) bond motifs is 1. The second-order valence-electron chi connectivity index (χ2n) is 6.82. The van der Waals surface area contributed by atoms with Crippen LogP contribution in [-0.2, 0) is 13.0 Å². The third kappa shape index (κ3) is 3.34. The summed E-state index contributed by atoms with van der Waals surface area (Å²) in [7, 11) is 2.07. The summed E-state index contributed by atoms with van der Waals surface area (Å²) in [6.07, 6.45) is 6.37. The van der Waals surface area contributed by atoms with E-state index in [-0.39, 0.29) is 11.9 Å². The van der Waals surface area contributed by atoms with E-state index in [9.17, 15) is 4.79 Å². The Morgan fingerprint density at radius 1 is 1.32 bits per heavy atom. The number of carbonyl (C=O) groups is 1. The van der Waals surface area contributed by atoms with Crippen molar-refractivity contribution in [2.45, 2.75) is 31.8 Å². The van der Waals surface area contributed by atoms with Crippen LogP contribution in [0.4, 0.5) is 5.95 Å². The van der Waals surface area contributed by atoms with Gasteiger partial charge < -0.3 is 15.1 Å². The van der Waals surface area contributed by atoms with Crippen LogP contribution in [0.1, 0.15) is 34.6 Å². The Bertz CT molecular complexity index is 745. The van der Waals surface area contributed by atoms with Gasteiger partial charge >= 0.3 is 0 Å². The second kappa shape index (κ2) is 6.79. The number of hydrogen-bond acceptors (Lipinski definition) is 6. The van der Waals surface area contributed by atoms with E-state index in [2.05, 4.69) is 42.3 Å². The highest BCUT2D eigenvalue weighted by Crippen LogP contribution is 2.20. The third-order valence-corrected chi connectivity index (χ3v) is 4.93. The normalized spacial score (nSPS) is 21.0. The number of carbonyl (C=O) groups excluding carboxylic acids is 1. The predicted molar refractivity (Wildman–Crippen MR) is 93.4 cm³/mol. The Hall–Kier alpha value is -2.48. The van der Waals surface area contributed by atoms with Crippen molar-refractivity contribution in [2.75, 3.05) is 31.6 Å². The van der Waals surface area contributed by atoms with Gasteiger partial charge in [-0.2, -0.15) is 5.10 Å². The zero-order valence-corrected chi connectivity index (χ0v) is 14.4. The average Bonchev–Trinajstić information content (AvgIpc) is 3.06. The molecule has 0 aliphatic carbocycles. The van der Waals surface area contributed by atoms with Gasteiger partial charge in [0.1, 0.15) is 0 Å². The summed E-state index contributed by atoms with van der Waals surface area (Å²) in [5.41, 5.74) is 2.66. The maximum Gasteiger partial charge on any atom is 0.272 e. The molecule has 25 heavy (non-hydrogen) atoms. The van der Waals surface area contributed by atoms with Crippen molar-refractivity contribution < 1.29 is 4.79 Å². The van der Waals surface area contributed by atoms with Crippen molar-refractivity contribution >= 4 is 11.9 Å². The molecule has 1 unspecified atom stereocenters. The molecule has 2 aliphatic rings. The molecular formula is C17H23N7O. The number of aromatic nitrogens is 4. The van der Waals surface area contributed by atoms with E-state index in [4.69, 9.17) is 0 Å². The molecule has 2 aromatic rings. The zero-order chi connectivity index (χ0) is 17.2. The molecule has 0 aromatic carbocycles. The first-order chi connectivity index (χ1) is 12.2. The summed E-state index contributed by atoms with van der Waals surface area (Å²) in [6.45, 7) is 3.40. The monoisotopic (exact) mass is 341 g/mol. The number of amides is 1. The molecule has 1 saturated heterocycles. The van der Waals surface area contributed by atoms with Crippen LogP contribution >= 0.6 is 0 Å². The van der Waals surface area contributed by atoms with Crippen molar-refractivity contribution in [3.63, 3.8) is 0 Å². The van der Waals surface area contributed by atoms with Crippen molar-refractivity contribution in [1.82, 2.24) is 30.4 Å². The molecule has 1 amide bonds. The Morgan fingerprint density at radius 2 is 2.16 bits per heavy atom. The van der Waals surface area contributed by atoms with Crippen LogP contribution in [0.3, 0.4) is 0 Å². The van der Waals surface area contributed by atoms with Gasteiger partial charge in [0.2, 0.25) is 5.95 Å². The van der Waals surface area contributed by atoms with Gasteiger partial charge in [-0.15, -0.1) is 0 Å². The molecule has 0 bridgehead atoms. The molecule has 1 fully saturated rings. The number of nitrogens with one attached hydrogen (secondary N) is 2. The number of H-pyrrole nitrogens is 1. The van der Waals surface area contributed by atoms with E-state index < -0.39 is 0 Å². The van der Waals surface area contributed by atoms with Gasteiger partial charge in [0.05, 0.1) is 0 Å². The van der Waals surface area contributed by atoms with Gasteiger partial charge in [-0.05, 0) is 26.0 Å². The summed E-state index contributed by atoms with van der Waals surface area (Å²) in [4.78, 5) is 25.7. The minimum absolute atomic E-state index is 0.0822. The van der Waals surface area contributed by atoms with Gasteiger partial charge in [-0.3, -0.25) is 9.89 Å². The van der Waals surface area contributed by atoms with Crippen LogP contribution in [0.15, 0.2) is 18.5 Å². The summed E-state index contributed by atoms with van der Waals surface area (Å²) in [6, 6.07) is 1.89. The van der Waals surface area contributed by atoms with Crippen LogP contribution in [0.5, 0.6) is 0 Å². The number of aromatic amines is 1. The highest BCUT2D eigenvalue weighted by molar-refractivity contribution is 5.94. The molecule has 2 aromatic heterocycles. The smallest absolute Gasteiger partial charge is 0.272 e. The molecule has 4 heterocycles. The zero-order valence-electron chi connectivity index (χ0n) is 14.4. The molecule has 0 radical (unpaired) electrons. The molecule has 0 saturated carbocycles. The van der Waals surface area contributed by atoms with Crippen molar-refractivity contribution in [3.05, 3.63) is 35.4 Å². The maximum absolute atomic E-state index is 12.7. The lowest BCUT2D eigenvalue weighted by atomic mass is 10.0. The molecule has 8 nitrogen and oxygen atoms in total. The first kappa shape index (κ1) is 16.0. The Balaban J connectivity index is 1.44. The minimum atomic E-state index is -0.0892. The van der Waals surface area contributed by atoms with Crippen LogP contribution < -0.4 is 10.2 Å². The third-order valence-electron chi connectivity index (χ3n) is 4.93. The van der Waals surface area contributed by atoms with Crippen molar-refractivity contribution in [1.29, 1.82) is 0 Å². The Morgan fingerprint density at radius 3 is 3.00 bits per heavy atom. The topological polar surface area (TPSA) is 90.0 Å². The van der Waals surface area contributed by atoms with Crippen molar-refractivity contribution in [2.24, 2.45) is 0 Å². The number of piperidine rings is 1. The highest BCUT2D eigenvalue weighted by atomic mass is 16.2. The summed E-state index contributed by atoms with van der Waals surface area (Å²) >= 11 is 0. The molecule has 1 atom stereocenters. The van der Waals surface area contributed by atoms with Gasteiger partial charge in [0.25, 0.3) is 5.91 Å². The summed E-state index contributed by atoms with van der Waals surface area (Å²) in [5.74, 6) is 0.633. The molecule has 8 heteroatoms. The first-order valence-electron chi connectivity index (χ1n) is 8.78. The van der Waals surface area contributed by atoms with E-state index >= 15 is 0 Å². The van der Waals surface area contributed by atoms with E-state index in [1.807, 2.05) is 6.07 Å². The second-order valence-corrected chi connectivity index (χ2v) is 6.82. The predicted octanol–water partition coefficient (Wildman–Crippen LogP) is 0.586. The minimum Gasteiger partial charge on any atom is -0.346 e. The fourth-order valence-electron chi connectivity index (χ4n) is 3.60. The first-order valence-corrected chi connectivity index (χ1v) is 8.78. The van der Waals surface area contributed by atoms with Gasteiger partial charge in [0.15, 0.2) is 5.69 Å². The lowest BCUT2D eigenvalue weighted by Gasteiger charge is -2.33. The summed E-state index contributed by atoms with van der Waals surface area (Å²) in [5, 5.41) is 10.5. The van der Waals surface area contributed by atoms with Crippen LogP contribution in [-0.4, -0.2) is 63.7 Å². The molecule has 2 N–H and O–H groups in total. The number of nitrogens with zero attached hydrogens (tertiary/aromatic N) is 5. The highest BCUT2D eigenvalue weighted by Gasteiger charge is 2.27. The quantitative estimate of drug-likeness (QED) is 0.849. The van der Waals surface area contributed by atoms with Crippen LogP contribution in [0.2, 0.25) is 0 Å². The molecular weight excluding hydrogens is 318 g/mol. The average molecular weight is 341 g/mol. The fourth-order valence-corrected chi connectivity index (χ4v) is 3.60. The van der Waals surface area contributed by atoms with E-state index in [1.165, 1.54) is 0 Å². The maximum atomic E-state index is 12.7. The number of hydrogen-bond donors (Lipinski definition) is 2. The molecule has 132 valence electrons. The van der Waals surface area contributed by atoms with Crippen LogP contribution in [0.25, 0.3) is 0 Å². The lowest BCUT2D eigenvalue weighted by Crippen LogP contribution is -2.48. The SMILES string of the molecule is CN1CCc2[nH]nc(C(=O)NC3CCCN(c4ncccn4)C3)c2C1. The lowest BCUT2D eigenvalue weighted by molar-refractivity contribution is 0.0926. The van der Waals surface area contributed by atoms with Gasteiger partial charge in [-0.25, -0.2) is 9.97 Å². The molecule has 2 aliphatic heterocycles. The van der Waals surface area contributed by atoms with Gasteiger partial charge in [-0.1, -0.05) is 0 Å². The standard InChI is InChI=1S/C17H23N7O/c1-23-9-5-14-13(11-23)15(22-21-14)16(25)20-12-4-2-8-24(10-12)17-18-6-3-7-19-17/h3,6-7,12H,2,4-5,8-11H2,1H3,(H,20,25)(H,21,22). The van der Waals surface area contributed by atoms with E-state index in [0.717, 1.165) is 62.6 Å². The van der Waals surface area contributed by atoms with Crippen molar-refractivity contribution in [3.8, 4) is 0 Å². The summed E-state index contributed by atoms with van der Waals surface area (Å²) < 4.78 is 0.